The van der Waals surface area contributed by atoms with Gasteiger partial charge in [-0.15, -0.1) is 0 Å². The normalized spacial score (nSPS) is 21.5. The van der Waals surface area contributed by atoms with E-state index >= 15 is 0 Å². The minimum atomic E-state index is -0.141. The van der Waals surface area contributed by atoms with Crippen LogP contribution in [-0.4, -0.2) is 6.04 Å². The Hall–Kier alpha value is -1.38. The first-order valence-electron chi connectivity index (χ1n) is 6.94. The summed E-state index contributed by atoms with van der Waals surface area (Å²) >= 11 is 5.96. The third-order valence-corrected chi connectivity index (χ3v) is 4.18. The first kappa shape index (κ1) is 13.6. The quantitative estimate of drug-likeness (QED) is 0.873. The molecule has 0 aromatic heterocycles. The van der Waals surface area contributed by atoms with Gasteiger partial charge in [0.1, 0.15) is 5.82 Å². The lowest BCUT2D eigenvalue weighted by Crippen LogP contribution is -2.39. The number of hydrogen-bond acceptors (Lipinski definition) is 1. The van der Waals surface area contributed by atoms with E-state index in [0.29, 0.717) is 12.0 Å². The summed E-state index contributed by atoms with van der Waals surface area (Å²) in [4.78, 5) is 0. The van der Waals surface area contributed by atoms with Crippen LogP contribution in [0.1, 0.15) is 29.9 Å². The van der Waals surface area contributed by atoms with Gasteiger partial charge in [-0.3, -0.25) is 0 Å². The highest BCUT2D eigenvalue weighted by atomic mass is 35.5. The molecule has 0 radical (unpaired) electrons. The second-order valence-electron chi connectivity index (χ2n) is 5.43. The van der Waals surface area contributed by atoms with Crippen LogP contribution in [0.2, 0.25) is 5.02 Å². The van der Waals surface area contributed by atoms with Crippen LogP contribution in [-0.2, 0) is 6.54 Å². The number of rotatable bonds is 4. The summed E-state index contributed by atoms with van der Waals surface area (Å²) in [5, 5.41) is 4.30. The van der Waals surface area contributed by atoms with Crippen LogP contribution in [0.5, 0.6) is 0 Å². The van der Waals surface area contributed by atoms with Gasteiger partial charge in [0.2, 0.25) is 0 Å². The maximum Gasteiger partial charge on any atom is 0.123 e. The van der Waals surface area contributed by atoms with Crippen LogP contribution in [0.3, 0.4) is 0 Å². The highest BCUT2D eigenvalue weighted by Crippen LogP contribution is 2.37. The van der Waals surface area contributed by atoms with Gasteiger partial charge in [0.15, 0.2) is 0 Å². The second kappa shape index (κ2) is 5.94. The minimum Gasteiger partial charge on any atom is -0.310 e. The molecule has 0 amide bonds. The lowest BCUT2D eigenvalue weighted by molar-refractivity contribution is 0.289. The van der Waals surface area contributed by atoms with Crippen LogP contribution in [0.25, 0.3) is 0 Å². The molecule has 20 heavy (non-hydrogen) atoms. The summed E-state index contributed by atoms with van der Waals surface area (Å²) in [7, 11) is 0. The van der Waals surface area contributed by atoms with Gasteiger partial charge in [-0.25, -0.2) is 4.39 Å². The summed E-state index contributed by atoms with van der Waals surface area (Å²) in [6, 6.07) is 15.4. The van der Waals surface area contributed by atoms with Gasteiger partial charge < -0.3 is 5.32 Å². The molecule has 1 fully saturated rings. The second-order valence-corrected chi connectivity index (χ2v) is 5.87. The van der Waals surface area contributed by atoms with E-state index in [1.165, 1.54) is 11.6 Å². The first-order valence-corrected chi connectivity index (χ1v) is 7.32. The zero-order chi connectivity index (χ0) is 13.9. The maximum absolute atomic E-state index is 13.2. The van der Waals surface area contributed by atoms with Gasteiger partial charge in [0.25, 0.3) is 0 Å². The standard InChI is InChI=1S/C17H17ClFN/c18-15-5-1-3-12(7-15)11-20-17-9-14(10-17)13-4-2-6-16(19)8-13/h1-8,14,17,20H,9-11H2. The van der Waals surface area contributed by atoms with Gasteiger partial charge in [0.05, 0.1) is 0 Å². The van der Waals surface area contributed by atoms with Crippen molar-refractivity contribution in [2.75, 3.05) is 0 Å². The maximum atomic E-state index is 13.2. The molecular formula is C17H17ClFN. The Morgan fingerprint density at radius 3 is 2.65 bits per heavy atom. The molecule has 3 rings (SSSR count). The van der Waals surface area contributed by atoms with Crippen molar-refractivity contribution in [3.05, 3.63) is 70.5 Å². The van der Waals surface area contributed by atoms with Crippen LogP contribution in [0, 0.1) is 5.82 Å². The van der Waals surface area contributed by atoms with Crippen molar-refractivity contribution < 1.29 is 4.39 Å². The van der Waals surface area contributed by atoms with Gasteiger partial charge in [-0.1, -0.05) is 35.9 Å². The molecule has 1 saturated carbocycles. The molecule has 1 N–H and O–H groups in total. The van der Waals surface area contributed by atoms with E-state index in [4.69, 9.17) is 11.6 Å². The van der Waals surface area contributed by atoms with Gasteiger partial charge in [-0.2, -0.15) is 0 Å². The molecular weight excluding hydrogens is 273 g/mol. The predicted molar refractivity (Wildman–Crippen MR) is 80.5 cm³/mol. The number of benzene rings is 2. The molecule has 1 aliphatic rings. The molecule has 0 unspecified atom stereocenters. The summed E-state index contributed by atoms with van der Waals surface area (Å²) in [5.41, 5.74) is 2.32. The van der Waals surface area contributed by atoms with E-state index in [-0.39, 0.29) is 5.82 Å². The van der Waals surface area contributed by atoms with Crippen molar-refractivity contribution >= 4 is 11.6 Å². The van der Waals surface area contributed by atoms with Crippen molar-refractivity contribution in [2.24, 2.45) is 0 Å². The molecule has 2 aromatic carbocycles. The third kappa shape index (κ3) is 3.20. The topological polar surface area (TPSA) is 12.0 Å². The Kier molecular flexibility index (Phi) is 4.04. The molecule has 0 spiro atoms. The third-order valence-electron chi connectivity index (χ3n) is 3.94. The molecule has 1 nitrogen and oxygen atoms in total. The van der Waals surface area contributed by atoms with E-state index in [1.807, 2.05) is 24.3 Å². The summed E-state index contributed by atoms with van der Waals surface area (Å²) in [6.45, 7) is 0.834. The average molecular weight is 290 g/mol. The smallest absolute Gasteiger partial charge is 0.123 e. The van der Waals surface area contributed by atoms with Crippen molar-refractivity contribution in [1.82, 2.24) is 5.32 Å². The number of nitrogens with one attached hydrogen (secondary N) is 1. The Balaban J connectivity index is 1.49. The van der Waals surface area contributed by atoms with Crippen LogP contribution < -0.4 is 5.32 Å². The summed E-state index contributed by atoms with van der Waals surface area (Å²) < 4.78 is 13.2. The zero-order valence-corrected chi connectivity index (χ0v) is 11.9. The van der Waals surface area contributed by atoms with Crippen LogP contribution >= 0.6 is 11.6 Å². The molecule has 0 heterocycles. The van der Waals surface area contributed by atoms with Crippen molar-refractivity contribution in [2.45, 2.75) is 31.3 Å². The van der Waals surface area contributed by atoms with Gasteiger partial charge >= 0.3 is 0 Å². The summed E-state index contributed by atoms with van der Waals surface area (Å²) in [5.74, 6) is 0.348. The number of hydrogen-bond donors (Lipinski definition) is 1. The van der Waals surface area contributed by atoms with E-state index in [9.17, 15) is 4.39 Å². The molecule has 0 bridgehead atoms. The monoisotopic (exact) mass is 289 g/mol. The minimum absolute atomic E-state index is 0.141. The molecule has 1 aliphatic carbocycles. The first-order chi connectivity index (χ1) is 9.70. The fraction of sp³-hybridized carbons (Fsp3) is 0.294. The van der Waals surface area contributed by atoms with Crippen molar-refractivity contribution in [1.29, 1.82) is 0 Å². The lowest BCUT2D eigenvalue weighted by atomic mass is 9.76. The Labute approximate surface area is 123 Å². The Bertz CT molecular complexity index is 590. The Morgan fingerprint density at radius 2 is 1.90 bits per heavy atom. The summed E-state index contributed by atoms with van der Waals surface area (Å²) in [6.07, 6.45) is 2.15. The molecule has 0 saturated heterocycles. The van der Waals surface area contributed by atoms with E-state index in [0.717, 1.165) is 30.0 Å². The highest BCUT2D eigenvalue weighted by molar-refractivity contribution is 6.30. The Morgan fingerprint density at radius 1 is 1.10 bits per heavy atom. The zero-order valence-electron chi connectivity index (χ0n) is 11.2. The number of halogens is 2. The van der Waals surface area contributed by atoms with E-state index in [1.54, 1.807) is 12.1 Å². The average Bonchev–Trinajstić information content (AvgIpc) is 2.37. The molecule has 3 heteroatoms. The molecule has 0 atom stereocenters. The largest absolute Gasteiger partial charge is 0.310 e. The van der Waals surface area contributed by atoms with E-state index in [2.05, 4.69) is 11.4 Å². The fourth-order valence-electron chi connectivity index (χ4n) is 2.73. The van der Waals surface area contributed by atoms with E-state index < -0.39 is 0 Å². The highest BCUT2D eigenvalue weighted by Gasteiger charge is 2.29. The molecule has 2 aromatic rings. The molecule has 0 aliphatic heterocycles. The van der Waals surface area contributed by atoms with Crippen LogP contribution in [0.4, 0.5) is 4.39 Å². The van der Waals surface area contributed by atoms with Crippen molar-refractivity contribution in [3.63, 3.8) is 0 Å². The molecule has 104 valence electrons. The van der Waals surface area contributed by atoms with Gasteiger partial charge in [0, 0.05) is 17.6 Å². The van der Waals surface area contributed by atoms with Crippen LogP contribution in [0.15, 0.2) is 48.5 Å². The SMILES string of the molecule is Fc1cccc(C2CC(NCc3cccc(Cl)c3)C2)c1. The fourth-order valence-corrected chi connectivity index (χ4v) is 2.94. The lowest BCUT2D eigenvalue weighted by Gasteiger charge is -2.36. The van der Waals surface area contributed by atoms with Crippen molar-refractivity contribution in [3.8, 4) is 0 Å². The predicted octanol–water partition coefficient (Wildman–Crippen LogP) is 4.51. The van der Waals surface area contributed by atoms with Gasteiger partial charge in [-0.05, 0) is 54.2 Å².